The fraction of sp³-hybridized carbons (Fsp3) is 0.600. The number of rotatable bonds is 6. The molecule has 1 N–H and O–H groups in total. The molecule has 1 saturated heterocycles. The Balaban J connectivity index is 2.07. The molecule has 2 atom stereocenters. The van der Waals surface area contributed by atoms with Gasteiger partial charge in [0.15, 0.2) is 0 Å². The van der Waals surface area contributed by atoms with E-state index in [4.69, 9.17) is 0 Å². The largest absolute Gasteiger partial charge is 0.313 e. The van der Waals surface area contributed by atoms with Gasteiger partial charge >= 0.3 is 0 Å². The van der Waals surface area contributed by atoms with Crippen molar-refractivity contribution in [2.75, 3.05) is 23.8 Å². The minimum absolute atomic E-state index is 0.150. The van der Waals surface area contributed by atoms with Crippen LogP contribution in [0.25, 0.3) is 0 Å². The normalized spacial score (nSPS) is 20.9. The average Bonchev–Trinajstić information content (AvgIpc) is 2.48. The van der Waals surface area contributed by atoms with Gasteiger partial charge in [-0.3, -0.25) is 0 Å². The second-order valence-electron chi connectivity index (χ2n) is 4.98. The van der Waals surface area contributed by atoms with Gasteiger partial charge in [-0.1, -0.05) is 22.9 Å². The van der Waals surface area contributed by atoms with Crippen LogP contribution in [0.15, 0.2) is 22.7 Å². The molecule has 0 saturated carbocycles. The van der Waals surface area contributed by atoms with E-state index < -0.39 is 0 Å². The van der Waals surface area contributed by atoms with E-state index in [1.165, 1.54) is 23.3 Å². The van der Waals surface area contributed by atoms with E-state index >= 15 is 0 Å². The van der Waals surface area contributed by atoms with Crippen LogP contribution in [0.4, 0.5) is 4.39 Å². The first kappa shape index (κ1) is 16.7. The molecule has 0 radical (unpaired) electrons. The molecule has 2 rings (SSSR count). The standard InChI is InChI=1S/C15H21BrFNS2/c1-2-5-18-14(15-10-19-6-7-20-15)9-11-8-12(17)3-4-13(11)16/h3-4,8,14-15,18H,2,5-7,9-10H2,1H3. The molecule has 0 aromatic heterocycles. The molecule has 1 aliphatic heterocycles. The van der Waals surface area contributed by atoms with Crippen molar-refractivity contribution in [1.82, 2.24) is 5.32 Å². The second-order valence-corrected chi connectivity index (χ2v) is 8.34. The van der Waals surface area contributed by atoms with E-state index in [0.717, 1.165) is 29.4 Å². The summed E-state index contributed by atoms with van der Waals surface area (Å²) in [5, 5.41) is 4.28. The molecule has 5 heteroatoms. The van der Waals surface area contributed by atoms with Crippen molar-refractivity contribution in [2.45, 2.75) is 31.1 Å². The maximum Gasteiger partial charge on any atom is 0.123 e. The molecule has 112 valence electrons. The average molecular weight is 378 g/mol. The molecule has 20 heavy (non-hydrogen) atoms. The lowest BCUT2D eigenvalue weighted by Crippen LogP contribution is -2.43. The predicted molar refractivity (Wildman–Crippen MR) is 93.5 cm³/mol. The monoisotopic (exact) mass is 377 g/mol. The summed E-state index contributed by atoms with van der Waals surface area (Å²) in [6, 6.07) is 5.40. The summed E-state index contributed by atoms with van der Waals surface area (Å²) in [6.07, 6.45) is 2.02. The molecule has 1 fully saturated rings. The van der Waals surface area contributed by atoms with Crippen molar-refractivity contribution in [3.63, 3.8) is 0 Å². The smallest absolute Gasteiger partial charge is 0.123 e. The number of nitrogens with one attached hydrogen (secondary N) is 1. The van der Waals surface area contributed by atoms with Crippen LogP contribution in [0.3, 0.4) is 0 Å². The Hall–Kier alpha value is 0.290. The SMILES string of the molecule is CCCNC(Cc1cc(F)ccc1Br)C1CSCCS1. The molecular weight excluding hydrogens is 357 g/mol. The summed E-state index contributed by atoms with van der Waals surface area (Å²) >= 11 is 7.64. The van der Waals surface area contributed by atoms with E-state index in [2.05, 4.69) is 39.9 Å². The molecule has 1 heterocycles. The Morgan fingerprint density at radius 2 is 2.30 bits per heavy atom. The lowest BCUT2D eigenvalue weighted by atomic mass is 10.0. The van der Waals surface area contributed by atoms with Crippen molar-refractivity contribution in [3.05, 3.63) is 34.1 Å². The van der Waals surface area contributed by atoms with Gasteiger partial charge in [-0.15, -0.1) is 0 Å². The summed E-state index contributed by atoms with van der Waals surface area (Å²) < 4.78 is 14.5. The van der Waals surface area contributed by atoms with Crippen LogP contribution in [-0.4, -0.2) is 35.1 Å². The fourth-order valence-electron chi connectivity index (χ4n) is 2.34. The Bertz CT molecular complexity index is 424. The van der Waals surface area contributed by atoms with Crippen LogP contribution >= 0.6 is 39.5 Å². The Labute approximate surface area is 138 Å². The molecule has 1 aliphatic rings. The lowest BCUT2D eigenvalue weighted by Gasteiger charge is -2.30. The summed E-state index contributed by atoms with van der Waals surface area (Å²) in [7, 11) is 0. The minimum atomic E-state index is -0.150. The third-order valence-corrected chi connectivity index (χ3v) is 7.09. The first-order chi connectivity index (χ1) is 9.70. The molecule has 1 aromatic rings. The zero-order valence-electron chi connectivity index (χ0n) is 11.7. The molecule has 1 aromatic carbocycles. The van der Waals surface area contributed by atoms with Gasteiger partial charge in [0.1, 0.15) is 5.82 Å². The van der Waals surface area contributed by atoms with E-state index in [-0.39, 0.29) is 5.82 Å². The molecule has 0 bridgehead atoms. The van der Waals surface area contributed by atoms with E-state index in [0.29, 0.717) is 11.3 Å². The zero-order chi connectivity index (χ0) is 14.4. The number of hydrogen-bond acceptors (Lipinski definition) is 3. The highest BCUT2D eigenvalue weighted by Gasteiger charge is 2.25. The number of halogens is 2. The van der Waals surface area contributed by atoms with Crippen LogP contribution in [0.5, 0.6) is 0 Å². The van der Waals surface area contributed by atoms with Gasteiger partial charge in [-0.05, 0) is 43.1 Å². The van der Waals surface area contributed by atoms with Gasteiger partial charge in [0.25, 0.3) is 0 Å². The van der Waals surface area contributed by atoms with Crippen molar-refractivity contribution >= 4 is 39.5 Å². The van der Waals surface area contributed by atoms with E-state index in [1.807, 2.05) is 17.8 Å². The highest BCUT2D eigenvalue weighted by atomic mass is 79.9. The van der Waals surface area contributed by atoms with Gasteiger partial charge in [0.2, 0.25) is 0 Å². The molecule has 0 aliphatic carbocycles. The molecular formula is C15H21BrFNS2. The highest BCUT2D eigenvalue weighted by molar-refractivity contribution is 9.10. The van der Waals surface area contributed by atoms with Gasteiger partial charge < -0.3 is 5.32 Å². The summed E-state index contributed by atoms with van der Waals surface area (Å²) in [4.78, 5) is 0. The number of benzene rings is 1. The van der Waals surface area contributed by atoms with Gasteiger partial charge in [-0.2, -0.15) is 23.5 Å². The van der Waals surface area contributed by atoms with Crippen LogP contribution in [-0.2, 0) is 6.42 Å². The maximum atomic E-state index is 13.4. The third kappa shape index (κ3) is 4.93. The van der Waals surface area contributed by atoms with Crippen LogP contribution in [0, 0.1) is 5.82 Å². The number of hydrogen-bond donors (Lipinski definition) is 1. The number of thioether (sulfide) groups is 2. The molecule has 0 spiro atoms. The zero-order valence-corrected chi connectivity index (χ0v) is 14.9. The van der Waals surface area contributed by atoms with Crippen molar-refractivity contribution < 1.29 is 4.39 Å². The molecule has 2 unspecified atom stereocenters. The van der Waals surface area contributed by atoms with Crippen molar-refractivity contribution in [1.29, 1.82) is 0 Å². The first-order valence-corrected chi connectivity index (χ1v) is 10.1. The Morgan fingerprint density at radius 3 is 3.00 bits per heavy atom. The molecule has 1 nitrogen and oxygen atoms in total. The van der Waals surface area contributed by atoms with E-state index in [9.17, 15) is 4.39 Å². The molecule has 0 amide bonds. The predicted octanol–water partition coefficient (Wildman–Crippen LogP) is 4.35. The quantitative estimate of drug-likeness (QED) is 0.791. The van der Waals surface area contributed by atoms with E-state index in [1.54, 1.807) is 6.07 Å². The van der Waals surface area contributed by atoms with Crippen LogP contribution in [0.1, 0.15) is 18.9 Å². The first-order valence-electron chi connectivity index (χ1n) is 7.07. The van der Waals surface area contributed by atoms with Gasteiger partial charge in [-0.25, -0.2) is 4.39 Å². The lowest BCUT2D eigenvalue weighted by molar-refractivity contribution is 0.503. The van der Waals surface area contributed by atoms with Crippen molar-refractivity contribution in [3.8, 4) is 0 Å². The van der Waals surface area contributed by atoms with Crippen LogP contribution in [0.2, 0.25) is 0 Å². The van der Waals surface area contributed by atoms with Gasteiger partial charge in [0.05, 0.1) is 0 Å². The van der Waals surface area contributed by atoms with Crippen LogP contribution < -0.4 is 5.32 Å². The fourth-order valence-corrected chi connectivity index (χ4v) is 5.64. The Morgan fingerprint density at radius 1 is 1.45 bits per heavy atom. The maximum absolute atomic E-state index is 13.4. The third-order valence-electron chi connectivity index (χ3n) is 3.39. The van der Waals surface area contributed by atoms with Crippen molar-refractivity contribution in [2.24, 2.45) is 0 Å². The highest BCUT2D eigenvalue weighted by Crippen LogP contribution is 2.29. The Kier molecular flexibility index (Phi) is 7.22. The minimum Gasteiger partial charge on any atom is -0.313 e. The summed E-state index contributed by atoms with van der Waals surface area (Å²) in [5.41, 5.74) is 1.06. The summed E-state index contributed by atoms with van der Waals surface area (Å²) in [6.45, 7) is 3.21. The summed E-state index contributed by atoms with van der Waals surface area (Å²) in [5.74, 6) is 3.52. The van der Waals surface area contributed by atoms with Gasteiger partial charge in [0, 0.05) is 33.0 Å². The second kappa shape index (κ2) is 8.66. The topological polar surface area (TPSA) is 12.0 Å².